The SMILES string of the molecule is CC(F)(F)C(F)(F)OCCCOC(=O)C12CC3CC(CC(C3)C1)C2.Cc1ccc([S+](c2ccc(C)cc2)c2ccc(C)cc2)cc1. The molecule has 4 bridgehead atoms. The van der Waals surface area contributed by atoms with Gasteiger partial charge in [0.1, 0.15) is 0 Å². The minimum atomic E-state index is -4.50. The number of halogens is 4. The first-order valence-electron chi connectivity index (χ1n) is 16.3. The summed E-state index contributed by atoms with van der Waals surface area (Å²) in [7, 11) is -0.0394. The smallest absolute Gasteiger partial charge is 0.419 e. The highest BCUT2D eigenvalue weighted by Crippen LogP contribution is 2.60. The first kappa shape index (κ1) is 34.5. The summed E-state index contributed by atoms with van der Waals surface area (Å²) in [6, 6.07) is 26.8. The highest BCUT2D eigenvalue weighted by molar-refractivity contribution is 7.97. The lowest BCUT2D eigenvalue weighted by Crippen LogP contribution is -2.50. The second-order valence-electron chi connectivity index (χ2n) is 13.7. The molecular weight excluding hydrogens is 612 g/mol. The van der Waals surface area contributed by atoms with Crippen molar-refractivity contribution < 1.29 is 31.8 Å². The number of esters is 1. The van der Waals surface area contributed by atoms with Crippen molar-refractivity contribution in [1.82, 2.24) is 0 Å². The van der Waals surface area contributed by atoms with Crippen LogP contribution >= 0.6 is 0 Å². The van der Waals surface area contributed by atoms with Gasteiger partial charge in [0.2, 0.25) is 0 Å². The van der Waals surface area contributed by atoms with Gasteiger partial charge in [0.05, 0.1) is 29.5 Å². The summed E-state index contributed by atoms with van der Waals surface area (Å²) in [6.07, 6.45) is 1.71. The Morgan fingerprint density at radius 1 is 0.696 bits per heavy atom. The molecule has 4 aliphatic rings. The lowest BCUT2D eigenvalue weighted by atomic mass is 9.49. The number of carbonyl (C=O) groups is 1. The second-order valence-corrected chi connectivity index (χ2v) is 15.7. The molecule has 0 heterocycles. The Kier molecular flexibility index (Phi) is 10.6. The maximum Gasteiger partial charge on any atom is 0.419 e. The number of ether oxygens (including phenoxy) is 2. The molecule has 0 N–H and O–H groups in total. The van der Waals surface area contributed by atoms with E-state index in [0.717, 1.165) is 19.3 Å². The predicted molar refractivity (Wildman–Crippen MR) is 173 cm³/mol. The van der Waals surface area contributed by atoms with Crippen molar-refractivity contribution >= 4 is 16.9 Å². The van der Waals surface area contributed by atoms with Crippen LogP contribution in [0.3, 0.4) is 0 Å². The second kappa shape index (κ2) is 14.1. The molecule has 248 valence electrons. The van der Waals surface area contributed by atoms with Crippen LogP contribution in [0.4, 0.5) is 17.6 Å². The normalized spacial score (nSPS) is 23.6. The highest BCUT2D eigenvalue weighted by atomic mass is 32.2. The molecular formula is C38H45F4O3S+. The van der Waals surface area contributed by atoms with Crippen LogP contribution in [0.1, 0.15) is 68.6 Å². The Bertz CT molecular complexity index is 1310. The molecule has 0 unspecified atom stereocenters. The van der Waals surface area contributed by atoms with E-state index in [1.807, 2.05) is 0 Å². The van der Waals surface area contributed by atoms with E-state index in [9.17, 15) is 22.4 Å². The van der Waals surface area contributed by atoms with E-state index < -0.39 is 24.1 Å². The molecule has 4 fully saturated rings. The van der Waals surface area contributed by atoms with E-state index in [2.05, 4.69) is 98.3 Å². The van der Waals surface area contributed by atoms with Gasteiger partial charge >= 0.3 is 18.0 Å². The summed E-state index contributed by atoms with van der Waals surface area (Å²) >= 11 is 0. The zero-order valence-corrected chi connectivity index (χ0v) is 28.0. The molecule has 8 heteroatoms. The predicted octanol–water partition coefficient (Wildman–Crippen LogP) is 10.1. The van der Waals surface area contributed by atoms with E-state index >= 15 is 0 Å². The van der Waals surface area contributed by atoms with Crippen molar-refractivity contribution in [1.29, 1.82) is 0 Å². The van der Waals surface area contributed by atoms with Crippen LogP contribution in [0.2, 0.25) is 0 Å². The minimum absolute atomic E-state index is 0.0240. The van der Waals surface area contributed by atoms with Crippen molar-refractivity contribution in [3.8, 4) is 0 Å². The molecule has 3 nitrogen and oxygen atoms in total. The van der Waals surface area contributed by atoms with Gasteiger partial charge in [-0.05, 0) is 113 Å². The van der Waals surface area contributed by atoms with Crippen LogP contribution < -0.4 is 0 Å². The summed E-state index contributed by atoms with van der Waals surface area (Å²) in [5.74, 6) is -2.65. The third kappa shape index (κ3) is 8.17. The lowest BCUT2D eigenvalue weighted by Gasteiger charge is -2.55. The standard InChI is InChI=1S/C21H21S.C17H24F4O3/c1-16-4-10-19(11-5-16)22(20-12-6-17(2)7-13-20)21-14-8-18(3)9-15-21;1-15(18,19)17(20,21)24-4-2-3-23-14(22)16-8-11-5-12(9-16)7-13(6-11)10-16/h4-15H,1-3H3;11-13H,2-10H2,1H3/q+1;. The van der Waals surface area contributed by atoms with Gasteiger partial charge in [-0.15, -0.1) is 0 Å². The minimum Gasteiger partial charge on any atom is -0.465 e. The average Bonchev–Trinajstić information content (AvgIpc) is 2.99. The first-order chi connectivity index (χ1) is 21.7. The lowest BCUT2D eigenvalue weighted by molar-refractivity contribution is -0.341. The molecule has 46 heavy (non-hydrogen) atoms. The van der Waals surface area contributed by atoms with Crippen LogP contribution in [0.5, 0.6) is 0 Å². The molecule has 0 radical (unpaired) electrons. The number of aryl methyl sites for hydroxylation is 3. The van der Waals surface area contributed by atoms with Gasteiger partial charge in [-0.3, -0.25) is 4.79 Å². The van der Waals surface area contributed by atoms with Crippen LogP contribution in [-0.2, 0) is 25.2 Å². The number of hydrogen-bond acceptors (Lipinski definition) is 3. The molecule has 0 aromatic heterocycles. The van der Waals surface area contributed by atoms with Gasteiger partial charge in [0.15, 0.2) is 14.7 Å². The maximum atomic E-state index is 12.9. The third-order valence-electron chi connectivity index (χ3n) is 9.56. The Morgan fingerprint density at radius 2 is 1.07 bits per heavy atom. The van der Waals surface area contributed by atoms with Gasteiger partial charge in [0, 0.05) is 13.3 Å². The van der Waals surface area contributed by atoms with Gasteiger partial charge in [-0.1, -0.05) is 53.1 Å². The van der Waals surface area contributed by atoms with Crippen molar-refractivity contribution in [3.05, 3.63) is 89.5 Å². The van der Waals surface area contributed by atoms with E-state index in [4.69, 9.17) is 4.74 Å². The summed E-state index contributed by atoms with van der Waals surface area (Å²) in [6.45, 7) is 5.87. The third-order valence-corrected chi connectivity index (χ3v) is 11.8. The van der Waals surface area contributed by atoms with E-state index in [1.165, 1.54) is 50.6 Å². The molecule has 7 rings (SSSR count). The highest BCUT2D eigenvalue weighted by Gasteiger charge is 2.56. The van der Waals surface area contributed by atoms with Crippen LogP contribution in [0.15, 0.2) is 87.5 Å². The monoisotopic (exact) mass is 657 g/mol. The number of alkyl halides is 4. The number of hydrogen-bond donors (Lipinski definition) is 0. The summed E-state index contributed by atoms with van der Waals surface area (Å²) in [5.41, 5.74) is 3.52. The van der Waals surface area contributed by atoms with E-state index in [1.54, 1.807) is 0 Å². The number of carbonyl (C=O) groups excluding carboxylic acids is 1. The molecule has 0 saturated heterocycles. The fourth-order valence-corrected chi connectivity index (χ4v) is 9.54. The van der Waals surface area contributed by atoms with E-state index in [-0.39, 0.29) is 36.8 Å². The molecule has 0 aliphatic heterocycles. The average molecular weight is 658 g/mol. The van der Waals surface area contributed by atoms with Gasteiger partial charge in [-0.2, -0.15) is 17.6 Å². The van der Waals surface area contributed by atoms with Gasteiger partial charge < -0.3 is 9.47 Å². The Balaban J connectivity index is 0.000000182. The summed E-state index contributed by atoms with van der Waals surface area (Å²) in [5, 5.41) is 0. The van der Waals surface area contributed by atoms with Crippen LogP contribution in [0.25, 0.3) is 0 Å². The summed E-state index contributed by atoms with van der Waals surface area (Å²) in [4.78, 5) is 16.6. The Hall–Kier alpha value is -2.84. The molecule has 0 atom stereocenters. The first-order valence-corrected chi connectivity index (χ1v) is 17.5. The number of rotatable bonds is 10. The molecule has 0 amide bonds. The quantitative estimate of drug-likeness (QED) is 0.0942. The fourth-order valence-electron chi connectivity index (χ4n) is 7.50. The molecule has 3 aromatic carbocycles. The molecule has 4 saturated carbocycles. The molecule has 0 spiro atoms. The van der Waals surface area contributed by atoms with Gasteiger partial charge in [0.25, 0.3) is 0 Å². The number of benzene rings is 3. The summed E-state index contributed by atoms with van der Waals surface area (Å²) < 4.78 is 60.3. The topological polar surface area (TPSA) is 35.5 Å². The zero-order chi connectivity index (χ0) is 33.1. The van der Waals surface area contributed by atoms with Crippen molar-refractivity contribution in [2.24, 2.45) is 23.2 Å². The Morgan fingerprint density at radius 3 is 1.41 bits per heavy atom. The fraction of sp³-hybridized carbons (Fsp3) is 0.500. The molecule has 4 aliphatic carbocycles. The van der Waals surface area contributed by atoms with Crippen LogP contribution in [-0.4, -0.2) is 31.2 Å². The van der Waals surface area contributed by atoms with Gasteiger partial charge in [-0.25, -0.2) is 0 Å². The maximum absolute atomic E-state index is 12.9. The van der Waals surface area contributed by atoms with Crippen LogP contribution in [0, 0.1) is 43.9 Å². The van der Waals surface area contributed by atoms with Crippen molar-refractivity contribution in [2.75, 3.05) is 13.2 Å². The van der Waals surface area contributed by atoms with Crippen molar-refractivity contribution in [2.45, 2.75) is 99.4 Å². The zero-order valence-electron chi connectivity index (χ0n) is 27.2. The molecule has 3 aromatic rings. The Labute approximate surface area is 273 Å². The van der Waals surface area contributed by atoms with Crippen molar-refractivity contribution in [3.63, 3.8) is 0 Å². The largest absolute Gasteiger partial charge is 0.465 e. The van der Waals surface area contributed by atoms with E-state index in [0.29, 0.717) is 17.8 Å².